The molecular formula is C14H7F4NS. The fraction of sp³-hybridized carbons (Fsp3) is 0.0714. The summed E-state index contributed by atoms with van der Waals surface area (Å²) in [6.07, 6.45) is -4.58. The first-order valence-electron chi connectivity index (χ1n) is 5.45. The topological polar surface area (TPSA) is 23.8 Å². The third-order valence-corrected chi connectivity index (χ3v) is 3.52. The number of rotatable bonds is 2. The van der Waals surface area contributed by atoms with Crippen molar-refractivity contribution in [2.24, 2.45) is 0 Å². The number of alkyl halides is 3. The second-order valence-corrected chi connectivity index (χ2v) is 4.96. The van der Waals surface area contributed by atoms with Crippen LogP contribution in [0.3, 0.4) is 0 Å². The molecule has 0 bridgehead atoms. The van der Waals surface area contributed by atoms with Crippen molar-refractivity contribution in [2.45, 2.75) is 16.0 Å². The van der Waals surface area contributed by atoms with Crippen LogP contribution in [-0.4, -0.2) is 0 Å². The molecule has 1 nitrogen and oxygen atoms in total. The van der Waals surface area contributed by atoms with E-state index >= 15 is 0 Å². The van der Waals surface area contributed by atoms with Gasteiger partial charge in [-0.3, -0.25) is 0 Å². The Morgan fingerprint density at radius 1 is 1.05 bits per heavy atom. The first-order chi connectivity index (χ1) is 9.41. The number of halogens is 4. The second kappa shape index (κ2) is 5.55. The largest absolute Gasteiger partial charge is 0.417 e. The average molecular weight is 297 g/mol. The van der Waals surface area contributed by atoms with Gasteiger partial charge in [-0.2, -0.15) is 18.4 Å². The Morgan fingerprint density at radius 2 is 1.75 bits per heavy atom. The predicted molar refractivity (Wildman–Crippen MR) is 66.7 cm³/mol. The molecule has 0 heterocycles. The number of hydrogen-bond donors (Lipinski definition) is 0. The van der Waals surface area contributed by atoms with Crippen molar-refractivity contribution in [3.63, 3.8) is 0 Å². The highest BCUT2D eigenvalue weighted by Gasteiger charge is 2.33. The van der Waals surface area contributed by atoms with Crippen LogP contribution >= 0.6 is 11.8 Å². The van der Waals surface area contributed by atoms with Gasteiger partial charge in [0.05, 0.1) is 17.2 Å². The summed E-state index contributed by atoms with van der Waals surface area (Å²) in [5.74, 6) is -0.462. The third kappa shape index (κ3) is 3.11. The molecule has 2 aromatic carbocycles. The lowest BCUT2D eigenvalue weighted by Crippen LogP contribution is -2.07. The lowest BCUT2D eigenvalue weighted by atomic mass is 10.1. The first-order valence-corrected chi connectivity index (χ1v) is 6.27. The van der Waals surface area contributed by atoms with Crippen LogP contribution < -0.4 is 0 Å². The van der Waals surface area contributed by atoms with Crippen molar-refractivity contribution in [3.8, 4) is 6.07 Å². The Morgan fingerprint density at radius 3 is 2.35 bits per heavy atom. The molecule has 0 radical (unpaired) electrons. The maximum atomic E-state index is 13.5. The summed E-state index contributed by atoms with van der Waals surface area (Å²) in [6, 6.07) is 10.6. The van der Waals surface area contributed by atoms with Gasteiger partial charge in [-0.05, 0) is 30.3 Å². The zero-order valence-electron chi connectivity index (χ0n) is 9.91. The molecular weight excluding hydrogens is 290 g/mol. The molecule has 0 saturated carbocycles. The van der Waals surface area contributed by atoms with Gasteiger partial charge in [0.2, 0.25) is 0 Å². The molecule has 0 amide bonds. The van der Waals surface area contributed by atoms with E-state index in [2.05, 4.69) is 0 Å². The molecule has 0 fully saturated rings. The van der Waals surface area contributed by atoms with Gasteiger partial charge < -0.3 is 0 Å². The molecule has 0 N–H and O–H groups in total. The van der Waals surface area contributed by atoms with Crippen LogP contribution in [0.4, 0.5) is 17.6 Å². The number of benzene rings is 2. The minimum Gasteiger partial charge on any atom is -0.206 e. The second-order valence-electron chi connectivity index (χ2n) is 3.85. The zero-order valence-corrected chi connectivity index (χ0v) is 10.7. The minimum atomic E-state index is -4.58. The maximum absolute atomic E-state index is 13.5. The standard InChI is InChI=1S/C14H7F4NS/c15-12-3-1-2-4-13(12)20-10-5-6-11(14(16,17)18)9(7-10)8-19/h1-7H. The van der Waals surface area contributed by atoms with Gasteiger partial charge in [0, 0.05) is 9.79 Å². The molecule has 0 aliphatic carbocycles. The summed E-state index contributed by atoms with van der Waals surface area (Å²) < 4.78 is 51.4. The van der Waals surface area contributed by atoms with Gasteiger partial charge in [0.15, 0.2) is 0 Å². The molecule has 0 saturated heterocycles. The summed E-state index contributed by atoms with van der Waals surface area (Å²) in [5, 5.41) is 8.79. The van der Waals surface area contributed by atoms with E-state index in [0.717, 1.165) is 23.9 Å². The van der Waals surface area contributed by atoms with Crippen LogP contribution in [0.25, 0.3) is 0 Å². The highest BCUT2D eigenvalue weighted by molar-refractivity contribution is 7.99. The smallest absolute Gasteiger partial charge is 0.206 e. The van der Waals surface area contributed by atoms with E-state index in [9.17, 15) is 17.6 Å². The van der Waals surface area contributed by atoms with Crippen molar-refractivity contribution >= 4 is 11.8 Å². The molecule has 102 valence electrons. The van der Waals surface area contributed by atoms with E-state index in [1.54, 1.807) is 6.07 Å². The molecule has 2 rings (SSSR count). The summed E-state index contributed by atoms with van der Waals surface area (Å²) in [7, 11) is 0. The summed E-state index contributed by atoms with van der Waals surface area (Å²) >= 11 is 0.970. The average Bonchev–Trinajstić information content (AvgIpc) is 2.40. The van der Waals surface area contributed by atoms with E-state index < -0.39 is 23.1 Å². The van der Waals surface area contributed by atoms with Gasteiger partial charge >= 0.3 is 6.18 Å². The summed E-state index contributed by atoms with van der Waals surface area (Å²) in [5.41, 5.74) is -1.46. The summed E-state index contributed by atoms with van der Waals surface area (Å²) in [4.78, 5) is 0.663. The van der Waals surface area contributed by atoms with Crippen molar-refractivity contribution in [3.05, 3.63) is 59.4 Å². The summed E-state index contributed by atoms with van der Waals surface area (Å²) in [6.45, 7) is 0. The zero-order chi connectivity index (χ0) is 14.8. The molecule has 0 atom stereocenters. The molecule has 0 unspecified atom stereocenters. The molecule has 0 spiro atoms. The van der Waals surface area contributed by atoms with Gasteiger partial charge in [0.25, 0.3) is 0 Å². The van der Waals surface area contributed by atoms with Gasteiger partial charge in [-0.15, -0.1) is 0 Å². The van der Waals surface area contributed by atoms with Gasteiger partial charge in [-0.25, -0.2) is 4.39 Å². The Balaban J connectivity index is 2.37. The van der Waals surface area contributed by atoms with Gasteiger partial charge in [-0.1, -0.05) is 23.9 Å². The fourth-order valence-electron chi connectivity index (χ4n) is 1.58. The molecule has 2 aromatic rings. The van der Waals surface area contributed by atoms with E-state index in [0.29, 0.717) is 4.90 Å². The van der Waals surface area contributed by atoms with E-state index in [1.807, 2.05) is 0 Å². The van der Waals surface area contributed by atoms with Gasteiger partial charge in [0.1, 0.15) is 5.82 Å². The normalized spacial score (nSPS) is 11.2. The SMILES string of the molecule is N#Cc1cc(Sc2ccccc2F)ccc1C(F)(F)F. The van der Waals surface area contributed by atoms with Crippen molar-refractivity contribution in [2.75, 3.05) is 0 Å². The molecule has 0 aliphatic rings. The number of hydrogen-bond acceptors (Lipinski definition) is 2. The van der Waals surface area contributed by atoms with Crippen LogP contribution in [0.1, 0.15) is 11.1 Å². The maximum Gasteiger partial charge on any atom is 0.417 e. The Labute approximate surface area is 116 Å². The van der Waals surface area contributed by atoms with Crippen molar-refractivity contribution in [1.82, 2.24) is 0 Å². The van der Waals surface area contributed by atoms with Crippen LogP contribution in [0.15, 0.2) is 52.3 Å². The van der Waals surface area contributed by atoms with Crippen LogP contribution in [0, 0.1) is 17.1 Å². The van der Waals surface area contributed by atoms with E-state index in [4.69, 9.17) is 5.26 Å². The minimum absolute atomic E-state index is 0.288. The third-order valence-electron chi connectivity index (χ3n) is 2.48. The van der Waals surface area contributed by atoms with Crippen LogP contribution in [-0.2, 0) is 6.18 Å². The first kappa shape index (κ1) is 14.4. The van der Waals surface area contributed by atoms with Crippen molar-refractivity contribution < 1.29 is 17.6 Å². The van der Waals surface area contributed by atoms with E-state index in [1.165, 1.54) is 30.3 Å². The molecule has 0 aliphatic heterocycles. The van der Waals surface area contributed by atoms with Crippen LogP contribution in [0.2, 0.25) is 0 Å². The van der Waals surface area contributed by atoms with E-state index in [-0.39, 0.29) is 4.90 Å². The monoisotopic (exact) mass is 297 g/mol. The molecule has 20 heavy (non-hydrogen) atoms. The highest BCUT2D eigenvalue weighted by Crippen LogP contribution is 2.36. The lowest BCUT2D eigenvalue weighted by Gasteiger charge is -2.10. The quantitative estimate of drug-likeness (QED) is 0.739. The fourth-order valence-corrected chi connectivity index (χ4v) is 2.46. The molecule has 6 heteroatoms. The van der Waals surface area contributed by atoms with Crippen LogP contribution in [0.5, 0.6) is 0 Å². The Hall–Kier alpha value is -2.00. The predicted octanol–water partition coefficient (Wildman–Crippen LogP) is 4.87. The number of nitrogens with zero attached hydrogens (tertiary/aromatic N) is 1. The molecule has 0 aromatic heterocycles. The highest BCUT2D eigenvalue weighted by atomic mass is 32.2. The lowest BCUT2D eigenvalue weighted by molar-refractivity contribution is -0.137. The van der Waals surface area contributed by atoms with Crippen molar-refractivity contribution in [1.29, 1.82) is 5.26 Å². The Kier molecular flexibility index (Phi) is 4.00. The number of nitriles is 1. The Bertz CT molecular complexity index is 674.